The Morgan fingerprint density at radius 2 is 1.95 bits per heavy atom. The molecule has 0 aromatic heterocycles. The van der Waals surface area contributed by atoms with E-state index in [0.29, 0.717) is 17.2 Å². The number of ether oxygens (including phenoxy) is 2. The van der Waals surface area contributed by atoms with Gasteiger partial charge in [0.25, 0.3) is 0 Å². The molecule has 6 nitrogen and oxygen atoms in total. The fraction of sp³-hybridized carbons (Fsp3) is 0.500. The molecular formula is C16H23N3O3. The number of benzene rings is 1. The number of rotatable bonds is 3. The van der Waals surface area contributed by atoms with Crippen LogP contribution in [0.4, 0.5) is 10.5 Å². The Labute approximate surface area is 131 Å². The molecule has 0 saturated carbocycles. The van der Waals surface area contributed by atoms with E-state index in [9.17, 15) is 4.79 Å². The average molecular weight is 305 g/mol. The first kappa shape index (κ1) is 16.1. The van der Waals surface area contributed by atoms with Crippen molar-refractivity contribution in [1.82, 2.24) is 4.90 Å². The largest absolute Gasteiger partial charge is 0.493 e. The molecule has 0 spiro atoms. The van der Waals surface area contributed by atoms with Crippen LogP contribution < -0.4 is 14.8 Å². The van der Waals surface area contributed by atoms with Crippen LogP contribution >= 0.6 is 0 Å². The van der Waals surface area contributed by atoms with Gasteiger partial charge in [0.2, 0.25) is 0 Å². The van der Waals surface area contributed by atoms with Crippen LogP contribution in [-0.2, 0) is 0 Å². The van der Waals surface area contributed by atoms with E-state index in [-0.39, 0.29) is 6.03 Å². The minimum absolute atomic E-state index is 0.365. The molecule has 0 bridgehead atoms. The summed E-state index contributed by atoms with van der Waals surface area (Å²) >= 11 is 0. The van der Waals surface area contributed by atoms with Gasteiger partial charge in [-0.3, -0.25) is 0 Å². The molecule has 0 unspecified atom stereocenters. The van der Waals surface area contributed by atoms with Gasteiger partial charge < -0.3 is 19.7 Å². The van der Waals surface area contributed by atoms with Crippen LogP contribution in [0.2, 0.25) is 0 Å². The van der Waals surface area contributed by atoms with E-state index >= 15 is 0 Å². The number of carbonyl (C=O) groups is 1. The van der Waals surface area contributed by atoms with Crippen molar-refractivity contribution >= 4 is 17.6 Å². The standard InChI is InChI=1S/C16H23N3O3/c1-19-10-6-4-5-7-15(19)18-16(20)17-12-8-9-13(21-2)14(11-12)22-3/h8-9,11H,4-7,10H2,1-3H3,(H,17,20)/b18-15-. The number of carbonyl (C=O) groups excluding carboxylic acids is 1. The lowest BCUT2D eigenvalue weighted by Crippen LogP contribution is -2.27. The first-order valence-corrected chi connectivity index (χ1v) is 7.45. The number of anilines is 1. The molecule has 1 aliphatic heterocycles. The topological polar surface area (TPSA) is 63.2 Å². The second-order valence-corrected chi connectivity index (χ2v) is 5.26. The fourth-order valence-corrected chi connectivity index (χ4v) is 2.45. The first-order chi connectivity index (χ1) is 10.6. The zero-order valence-corrected chi connectivity index (χ0v) is 13.4. The molecule has 2 amide bonds. The molecule has 1 aliphatic rings. The second-order valence-electron chi connectivity index (χ2n) is 5.26. The minimum atomic E-state index is -0.365. The van der Waals surface area contributed by atoms with Crippen LogP contribution in [0.5, 0.6) is 11.5 Å². The maximum absolute atomic E-state index is 12.1. The van der Waals surface area contributed by atoms with Crippen molar-refractivity contribution in [2.24, 2.45) is 4.99 Å². The molecule has 1 N–H and O–H groups in total. The van der Waals surface area contributed by atoms with Crippen molar-refractivity contribution in [2.75, 3.05) is 33.1 Å². The van der Waals surface area contributed by atoms with E-state index in [0.717, 1.165) is 31.6 Å². The molecule has 120 valence electrons. The Morgan fingerprint density at radius 1 is 1.18 bits per heavy atom. The van der Waals surface area contributed by atoms with Crippen LogP contribution in [0, 0.1) is 0 Å². The molecule has 6 heteroatoms. The second kappa shape index (κ2) is 7.68. The highest BCUT2D eigenvalue weighted by Crippen LogP contribution is 2.29. The lowest BCUT2D eigenvalue weighted by Gasteiger charge is -2.17. The number of methoxy groups -OCH3 is 2. The number of nitrogens with zero attached hydrogens (tertiary/aromatic N) is 2. The lowest BCUT2D eigenvalue weighted by atomic mass is 10.2. The molecule has 0 aliphatic carbocycles. The summed E-state index contributed by atoms with van der Waals surface area (Å²) in [6, 6.07) is 4.86. The summed E-state index contributed by atoms with van der Waals surface area (Å²) in [7, 11) is 5.11. The smallest absolute Gasteiger partial charge is 0.347 e. The Hall–Kier alpha value is -2.24. The molecule has 0 atom stereocenters. The lowest BCUT2D eigenvalue weighted by molar-refractivity contribution is 0.259. The van der Waals surface area contributed by atoms with Crippen molar-refractivity contribution in [3.8, 4) is 11.5 Å². The summed E-state index contributed by atoms with van der Waals surface area (Å²) in [6.45, 7) is 0.947. The van der Waals surface area contributed by atoms with Crippen LogP contribution in [0.25, 0.3) is 0 Å². The predicted molar refractivity (Wildman–Crippen MR) is 87.1 cm³/mol. The Balaban J connectivity index is 2.08. The SMILES string of the molecule is COc1ccc(NC(=O)/N=C2/CCCCCN2C)cc1OC. The van der Waals surface area contributed by atoms with E-state index in [1.54, 1.807) is 32.4 Å². The Kier molecular flexibility index (Phi) is 5.63. The predicted octanol–water partition coefficient (Wildman–Crippen LogP) is 3.14. The summed E-state index contributed by atoms with van der Waals surface area (Å²) in [5.41, 5.74) is 0.628. The number of amidine groups is 1. The number of amides is 2. The maximum Gasteiger partial charge on any atom is 0.347 e. The molecule has 1 saturated heterocycles. The van der Waals surface area contributed by atoms with E-state index in [1.807, 2.05) is 7.05 Å². The summed E-state index contributed by atoms with van der Waals surface area (Å²) in [5.74, 6) is 2.03. The van der Waals surface area contributed by atoms with Crippen molar-refractivity contribution < 1.29 is 14.3 Å². The van der Waals surface area contributed by atoms with Gasteiger partial charge in [0.15, 0.2) is 11.5 Å². The normalized spacial score (nSPS) is 17.0. The highest BCUT2D eigenvalue weighted by molar-refractivity contribution is 6.00. The molecule has 2 rings (SSSR count). The van der Waals surface area contributed by atoms with Crippen molar-refractivity contribution in [3.63, 3.8) is 0 Å². The van der Waals surface area contributed by atoms with Gasteiger partial charge >= 0.3 is 6.03 Å². The number of hydrogen-bond acceptors (Lipinski definition) is 3. The van der Waals surface area contributed by atoms with Crippen LogP contribution in [0.1, 0.15) is 25.7 Å². The molecule has 0 radical (unpaired) electrons. The van der Waals surface area contributed by atoms with Gasteiger partial charge in [0, 0.05) is 31.8 Å². The molecule has 1 heterocycles. The third-order valence-electron chi connectivity index (χ3n) is 3.70. The van der Waals surface area contributed by atoms with Crippen LogP contribution in [0.3, 0.4) is 0 Å². The highest BCUT2D eigenvalue weighted by atomic mass is 16.5. The van der Waals surface area contributed by atoms with Gasteiger partial charge in [-0.2, -0.15) is 4.99 Å². The molecule has 1 aromatic rings. The van der Waals surface area contributed by atoms with E-state index in [2.05, 4.69) is 15.2 Å². The average Bonchev–Trinajstić information content (AvgIpc) is 2.72. The third kappa shape index (κ3) is 4.13. The monoisotopic (exact) mass is 305 g/mol. The van der Waals surface area contributed by atoms with Gasteiger partial charge in [-0.15, -0.1) is 0 Å². The number of nitrogens with one attached hydrogen (secondary N) is 1. The van der Waals surface area contributed by atoms with Gasteiger partial charge in [-0.25, -0.2) is 4.79 Å². The van der Waals surface area contributed by atoms with Gasteiger partial charge in [-0.1, -0.05) is 6.42 Å². The Morgan fingerprint density at radius 3 is 2.68 bits per heavy atom. The zero-order chi connectivity index (χ0) is 15.9. The van der Waals surface area contributed by atoms with Crippen LogP contribution in [-0.4, -0.2) is 44.6 Å². The van der Waals surface area contributed by atoms with Gasteiger partial charge in [-0.05, 0) is 25.0 Å². The van der Waals surface area contributed by atoms with Crippen LogP contribution in [0.15, 0.2) is 23.2 Å². The summed E-state index contributed by atoms with van der Waals surface area (Å²) in [6.07, 6.45) is 4.25. The van der Waals surface area contributed by atoms with Gasteiger partial charge in [0.05, 0.1) is 14.2 Å². The van der Waals surface area contributed by atoms with Crippen molar-refractivity contribution in [3.05, 3.63) is 18.2 Å². The number of likely N-dealkylation sites (tertiary alicyclic amines) is 1. The Bertz CT molecular complexity index is 558. The van der Waals surface area contributed by atoms with Crippen molar-refractivity contribution in [2.45, 2.75) is 25.7 Å². The zero-order valence-electron chi connectivity index (χ0n) is 13.4. The molecule has 1 aromatic carbocycles. The maximum atomic E-state index is 12.1. The van der Waals surface area contributed by atoms with E-state index in [4.69, 9.17) is 9.47 Å². The van der Waals surface area contributed by atoms with E-state index in [1.165, 1.54) is 6.42 Å². The number of aliphatic imine (C=N–C) groups is 1. The molecule has 1 fully saturated rings. The molecule has 22 heavy (non-hydrogen) atoms. The number of urea groups is 1. The highest BCUT2D eigenvalue weighted by Gasteiger charge is 2.13. The van der Waals surface area contributed by atoms with E-state index < -0.39 is 0 Å². The van der Waals surface area contributed by atoms with Crippen molar-refractivity contribution in [1.29, 1.82) is 0 Å². The summed E-state index contributed by atoms with van der Waals surface area (Å²) in [4.78, 5) is 18.3. The minimum Gasteiger partial charge on any atom is -0.493 e. The first-order valence-electron chi connectivity index (χ1n) is 7.45. The fourth-order valence-electron chi connectivity index (χ4n) is 2.45. The summed E-state index contributed by atoms with van der Waals surface area (Å²) < 4.78 is 10.4. The number of hydrogen-bond donors (Lipinski definition) is 1. The van der Waals surface area contributed by atoms with Gasteiger partial charge in [0.1, 0.15) is 5.84 Å². The summed E-state index contributed by atoms with van der Waals surface area (Å²) in [5, 5.41) is 2.77. The quantitative estimate of drug-likeness (QED) is 0.932. The third-order valence-corrected chi connectivity index (χ3v) is 3.70. The molecular weight excluding hydrogens is 282 g/mol.